The van der Waals surface area contributed by atoms with Crippen molar-refractivity contribution in [2.45, 2.75) is 19.9 Å². The number of furan rings is 1. The summed E-state index contributed by atoms with van der Waals surface area (Å²) in [6.45, 7) is 3.83. The van der Waals surface area contributed by atoms with Crippen LogP contribution in [0.2, 0.25) is 0 Å². The van der Waals surface area contributed by atoms with Crippen molar-refractivity contribution in [2.24, 2.45) is 0 Å². The Balaban J connectivity index is 1.95. The minimum atomic E-state index is -0.932. The van der Waals surface area contributed by atoms with Gasteiger partial charge in [-0.2, -0.15) is 0 Å². The second kappa shape index (κ2) is 8.26. The third-order valence-electron chi connectivity index (χ3n) is 5.41. The second-order valence-electron chi connectivity index (χ2n) is 7.60. The van der Waals surface area contributed by atoms with E-state index in [-0.39, 0.29) is 16.9 Å². The zero-order chi connectivity index (χ0) is 23.0. The number of carbonyl (C=O) groups excluding carboxylic acids is 2. The Morgan fingerprint density at radius 2 is 1.72 bits per heavy atom. The summed E-state index contributed by atoms with van der Waals surface area (Å²) in [4.78, 5) is 27.7. The molecule has 164 valence electrons. The average Bonchev–Trinajstić information content (AvgIpc) is 3.39. The van der Waals surface area contributed by atoms with Gasteiger partial charge in [0.15, 0.2) is 0 Å². The zero-order valence-corrected chi connectivity index (χ0v) is 18.2. The average molecular weight is 433 g/mol. The van der Waals surface area contributed by atoms with Crippen molar-refractivity contribution in [3.63, 3.8) is 0 Å². The number of ether oxygens (including phenoxy) is 2. The first-order valence-corrected chi connectivity index (χ1v) is 10.0. The molecule has 1 amide bonds. The molecular weight excluding hydrogens is 410 g/mol. The van der Waals surface area contributed by atoms with Gasteiger partial charge in [-0.05, 0) is 61.4 Å². The number of Topliss-reactive ketones (excluding diaryl/α,β-unsaturated/α-hetero) is 1. The van der Waals surface area contributed by atoms with Crippen LogP contribution in [0.1, 0.15) is 28.5 Å². The number of hydrogen-bond donors (Lipinski definition) is 1. The molecule has 1 atom stereocenters. The van der Waals surface area contributed by atoms with Crippen molar-refractivity contribution in [3.8, 4) is 11.5 Å². The number of ketones is 1. The van der Waals surface area contributed by atoms with Crippen molar-refractivity contribution in [1.29, 1.82) is 0 Å². The van der Waals surface area contributed by atoms with E-state index in [9.17, 15) is 14.7 Å². The maximum atomic E-state index is 13.2. The van der Waals surface area contributed by atoms with Gasteiger partial charge >= 0.3 is 0 Å². The Morgan fingerprint density at radius 1 is 1.00 bits per heavy atom. The summed E-state index contributed by atoms with van der Waals surface area (Å²) < 4.78 is 16.2. The van der Waals surface area contributed by atoms with Gasteiger partial charge in [-0.3, -0.25) is 14.5 Å². The van der Waals surface area contributed by atoms with Crippen molar-refractivity contribution < 1.29 is 28.6 Å². The second-order valence-corrected chi connectivity index (χ2v) is 7.60. The lowest BCUT2D eigenvalue weighted by Gasteiger charge is -2.24. The van der Waals surface area contributed by atoms with Crippen LogP contribution in [-0.4, -0.2) is 31.0 Å². The Hall–Kier alpha value is -4.00. The van der Waals surface area contributed by atoms with Gasteiger partial charge in [-0.15, -0.1) is 0 Å². The third kappa shape index (κ3) is 3.51. The summed E-state index contributed by atoms with van der Waals surface area (Å²) in [7, 11) is 2.96. The lowest BCUT2D eigenvalue weighted by molar-refractivity contribution is -0.132. The van der Waals surface area contributed by atoms with Crippen molar-refractivity contribution >= 4 is 23.1 Å². The fraction of sp³-hybridized carbons (Fsp3) is 0.200. The van der Waals surface area contributed by atoms with Crippen LogP contribution in [0.15, 0.2) is 64.8 Å². The maximum Gasteiger partial charge on any atom is 0.300 e. The van der Waals surface area contributed by atoms with Gasteiger partial charge < -0.3 is 19.0 Å². The first kappa shape index (κ1) is 21.2. The van der Waals surface area contributed by atoms with Gasteiger partial charge in [0.05, 0.1) is 31.6 Å². The van der Waals surface area contributed by atoms with Crippen LogP contribution in [0.25, 0.3) is 5.76 Å². The quantitative estimate of drug-likeness (QED) is 0.361. The van der Waals surface area contributed by atoms with Gasteiger partial charge in [0.1, 0.15) is 29.1 Å². The molecule has 4 rings (SSSR count). The van der Waals surface area contributed by atoms with E-state index in [1.807, 2.05) is 32.0 Å². The number of carbonyl (C=O) groups is 2. The number of aryl methyl sites for hydroxylation is 2. The molecule has 3 aromatic rings. The molecule has 1 aliphatic heterocycles. The monoisotopic (exact) mass is 433 g/mol. The molecule has 0 aliphatic carbocycles. The van der Waals surface area contributed by atoms with Gasteiger partial charge in [0.25, 0.3) is 11.7 Å². The summed E-state index contributed by atoms with van der Waals surface area (Å²) in [6.07, 6.45) is 1.46. The number of rotatable bonds is 5. The molecule has 1 aromatic heterocycles. The van der Waals surface area contributed by atoms with Gasteiger partial charge in [-0.25, -0.2) is 0 Å². The van der Waals surface area contributed by atoms with Crippen LogP contribution in [0.4, 0.5) is 5.69 Å². The van der Waals surface area contributed by atoms with Crippen molar-refractivity contribution in [3.05, 3.63) is 82.8 Å². The summed E-state index contributed by atoms with van der Waals surface area (Å²) in [5, 5.41) is 11.2. The van der Waals surface area contributed by atoms with Crippen LogP contribution >= 0.6 is 0 Å². The Bertz CT molecular complexity index is 1200. The predicted molar refractivity (Wildman–Crippen MR) is 119 cm³/mol. The molecule has 1 fully saturated rings. The minimum Gasteiger partial charge on any atom is -0.507 e. The highest BCUT2D eigenvalue weighted by atomic mass is 16.5. The molecule has 32 heavy (non-hydrogen) atoms. The SMILES string of the molecule is COc1ccc(/C(O)=C2/C(=O)C(=O)N(c3cc(C)cc(C)c3)C2c2ccco2)c(OC)c1. The Kier molecular flexibility index (Phi) is 5.48. The van der Waals surface area contributed by atoms with E-state index in [2.05, 4.69) is 0 Å². The van der Waals surface area contributed by atoms with E-state index in [0.717, 1.165) is 11.1 Å². The summed E-state index contributed by atoms with van der Waals surface area (Å²) >= 11 is 0. The summed E-state index contributed by atoms with van der Waals surface area (Å²) in [5.41, 5.74) is 2.62. The number of aliphatic hydroxyl groups excluding tert-OH is 1. The first-order valence-electron chi connectivity index (χ1n) is 10.0. The molecule has 1 saturated heterocycles. The normalized spacial score (nSPS) is 17.6. The number of anilines is 1. The highest BCUT2D eigenvalue weighted by molar-refractivity contribution is 6.51. The molecular formula is C25H23NO6. The summed E-state index contributed by atoms with van der Waals surface area (Å²) in [6, 6.07) is 12.8. The highest BCUT2D eigenvalue weighted by Gasteiger charge is 2.48. The van der Waals surface area contributed by atoms with E-state index >= 15 is 0 Å². The van der Waals surface area contributed by atoms with E-state index in [1.165, 1.54) is 25.4 Å². The van der Waals surface area contributed by atoms with Crippen LogP contribution in [0.5, 0.6) is 11.5 Å². The number of methoxy groups -OCH3 is 2. The van der Waals surface area contributed by atoms with Crippen molar-refractivity contribution in [2.75, 3.05) is 19.1 Å². The predicted octanol–water partition coefficient (Wildman–Crippen LogP) is 4.54. The van der Waals surface area contributed by atoms with Gasteiger partial charge in [0, 0.05) is 11.8 Å². The molecule has 2 heterocycles. The van der Waals surface area contributed by atoms with Gasteiger partial charge in [0.2, 0.25) is 0 Å². The third-order valence-corrected chi connectivity index (χ3v) is 5.41. The Labute approximate surface area is 185 Å². The van der Waals surface area contributed by atoms with Crippen LogP contribution < -0.4 is 14.4 Å². The first-order chi connectivity index (χ1) is 15.3. The Morgan fingerprint density at radius 3 is 2.31 bits per heavy atom. The molecule has 0 saturated carbocycles. The zero-order valence-electron chi connectivity index (χ0n) is 18.2. The molecule has 7 nitrogen and oxygen atoms in total. The fourth-order valence-electron chi connectivity index (χ4n) is 4.04. The van der Waals surface area contributed by atoms with Crippen LogP contribution in [-0.2, 0) is 9.59 Å². The standard InChI is InChI=1S/C25H23NO6/c1-14-10-15(2)12-16(11-14)26-22(19-6-5-9-32-19)21(24(28)25(26)29)23(27)18-8-7-17(30-3)13-20(18)31-4/h5-13,22,27H,1-4H3/b23-21-. The van der Waals surface area contributed by atoms with Crippen LogP contribution in [0.3, 0.4) is 0 Å². The highest BCUT2D eigenvalue weighted by Crippen LogP contribution is 2.44. The molecule has 2 aromatic carbocycles. The lowest BCUT2D eigenvalue weighted by atomic mass is 9.98. The number of aliphatic hydroxyl groups is 1. The van der Waals surface area contributed by atoms with E-state index < -0.39 is 17.7 Å². The molecule has 0 spiro atoms. The number of benzene rings is 2. The largest absolute Gasteiger partial charge is 0.507 e. The van der Waals surface area contributed by atoms with E-state index in [0.29, 0.717) is 22.9 Å². The number of amides is 1. The van der Waals surface area contributed by atoms with Crippen LogP contribution in [0, 0.1) is 13.8 Å². The number of hydrogen-bond acceptors (Lipinski definition) is 6. The van der Waals surface area contributed by atoms with E-state index in [1.54, 1.807) is 30.3 Å². The lowest BCUT2D eigenvalue weighted by Crippen LogP contribution is -2.29. The summed E-state index contributed by atoms with van der Waals surface area (Å²) in [5.74, 6) is -0.714. The molecule has 0 radical (unpaired) electrons. The molecule has 7 heteroatoms. The van der Waals surface area contributed by atoms with Gasteiger partial charge in [-0.1, -0.05) is 6.07 Å². The molecule has 1 unspecified atom stereocenters. The molecule has 1 aliphatic rings. The minimum absolute atomic E-state index is 0.0763. The topological polar surface area (TPSA) is 89.2 Å². The molecule has 1 N–H and O–H groups in total. The van der Waals surface area contributed by atoms with Crippen molar-refractivity contribution in [1.82, 2.24) is 0 Å². The fourth-order valence-corrected chi connectivity index (χ4v) is 4.04. The molecule has 0 bridgehead atoms. The smallest absolute Gasteiger partial charge is 0.300 e. The maximum absolute atomic E-state index is 13.2. The van der Waals surface area contributed by atoms with E-state index in [4.69, 9.17) is 13.9 Å². The number of nitrogens with zero attached hydrogens (tertiary/aromatic N) is 1.